The van der Waals surface area contributed by atoms with Gasteiger partial charge in [-0.05, 0) is 40.5 Å². The zero-order chi connectivity index (χ0) is 13.7. The highest BCUT2D eigenvalue weighted by molar-refractivity contribution is 9.10. The Hall–Kier alpha value is -1.08. The van der Waals surface area contributed by atoms with Crippen LogP contribution in [0.15, 0.2) is 21.5 Å². The normalized spacial score (nSPS) is 21.5. The zero-order valence-electron chi connectivity index (χ0n) is 9.84. The molecule has 0 spiro atoms. The third-order valence-electron chi connectivity index (χ3n) is 2.95. The summed E-state index contributed by atoms with van der Waals surface area (Å²) in [5, 5.41) is 7.63. The van der Waals surface area contributed by atoms with Gasteiger partial charge in [0.05, 0.1) is 10.6 Å². The van der Waals surface area contributed by atoms with Gasteiger partial charge in [-0.25, -0.2) is 8.42 Å². The lowest BCUT2D eigenvalue weighted by atomic mass is 10.2. The van der Waals surface area contributed by atoms with Gasteiger partial charge in [0.1, 0.15) is 0 Å². The summed E-state index contributed by atoms with van der Waals surface area (Å²) >= 11 is 3.33. The smallest absolute Gasteiger partial charge is 0.324 e. The highest BCUT2D eigenvalue weighted by Gasteiger charge is 2.42. The Kier molecular flexibility index (Phi) is 3.14. The molecule has 1 aliphatic heterocycles. The highest BCUT2D eigenvalue weighted by Crippen LogP contribution is 2.39. The van der Waals surface area contributed by atoms with E-state index in [9.17, 15) is 13.2 Å². The molecular weight excluding hydrogens is 322 g/mol. The minimum absolute atomic E-state index is 0.0493. The molecule has 0 bridgehead atoms. The van der Waals surface area contributed by atoms with Crippen LogP contribution in [-0.4, -0.2) is 38.3 Å². The van der Waals surface area contributed by atoms with Crippen molar-refractivity contribution in [1.29, 1.82) is 0 Å². The van der Waals surface area contributed by atoms with E-state index >= 15 is 0 Å². The number of aryl methyl sites for hydroxylation is 1. The Labute approximate surface area is 113 Å². The van der Waals surface area contributed by atoms with Crippen molar-refractivity contribution in [3.63, 3.8) is 0 Å². The number of carboxylic acid groups (broad SMARTS) is 1. The predicted molar refractivity (Wildman–Crippen MR) is 70.8 cm³/mol. The van der Waals surface area contributed by atoms with Crippen LogP contribution in [0, 0.1) is 6.92 Å². The van der Waals surface area contributed by atoms with Crippen molar-refractivity contribution in [2.75, 3.05) is 18.5 Å². The minimum atomic E-state index is -3.83. The van der Waals surface area contributed by atoms with E-state index in [0.29, 0.717) is 10.2 Å². The number of sulfone groups is 1. The largest absolute Gasteiger partial charge is 0.480 e. The minimum Gasteiger partial charge on any atom is -0.480 e. The average Bonchev–Trinajstić information content (AvgIpc) is 2.22. The molecule has 98 valence electrons. The van der Waals surface area contributed by atoms with Crippen LogP contribution in [-0.2, 0) is 14.6 Å². The van der Waals surface area contributed by atoms with Crippen molar-refractivity contribution in [3.05, 3.63) is 22.2 Å². The van der Waals surface area contributed by atoms with Crippen molar-refractivity contribution in [3.8, 4) is 0 Å². The number of anilines is 1. The molecule has 5 nitrogen and oxygen atoms in total. The quantitative estimate of drug-likeness (QED) is 0.841. The number of fused-ring (bicyclic) bond motifs is 1. The molecule has 1 N–H and O–H groups in total. The third-order valence-corrected chi connectivity index (χ3v) is 5.58. The predicted octanol–water partition coefficient (Wildman–Crippen LogP) is 1.43. The van der Waals surface area contributed by atoms with Crippen LogP contribution in [0.5, 0.6) is 0 Å². The van der Waals surface area contributed by atoms with Gasteiger partial charge in [0.25, 0.3) is 0 Å². The van der Waals surface area contributed by atoms with Crippen molar-refractivity contribution >= 4 is 37.4 Å². The first kappa shape index (κ1) is 13.4. The van der Waals surface area contributed by atoms with Crippen LogP contribution < -0.4 is 4.90 Å². The zero-order valence-corrected chi connectivity index (χ0v) is 12.2. The number of nitrogens with zero attached hydrogens (tertiary/aromatic N) is 1. The molecule has 0 saturated heterocycles. The van der Waals surface area contributed by atoms with Crippen LogP contribution in [0.2, 0.25) is 0 Å². The standard InChI is InChI=1S/C11H12BrNO4S/c1-6-3-7(12)10-8(4-6)18(16,17)9(11(14)15)5-13(10)2/h3-4,9H,5H2,1-2H3,(H,14,15). The Morgan fingerprint density at radius 1 is 1.50 bits per heavy atom. The van der Waals surface area contributed by atoms with Crippen molar-refractivity contribution in [2.45, 2.75) is 17.1 Å². The van der Waals surface area contributed by atoms with Crippen LogP contribution >= 0.6 is 15.9 Å². The number of benzene rings is 1. The van der Waals surface area contributed by atoms with E-state index in [1.807, 2.05) is 6.07 Å². The second-order valence-corrected chi connectivity index (χ2v) is 7.30. The molecular formula is C11H12BrNO4S. The van der Waals surface area contributed by atoms with Gasteiger partial charge in [-0.1, -0.05) is 0 Å². The number of rotatable bonds is 1. The molecule has 0 amide bonds. The maximum Gasteiger partial charge on any atom is 0.324 e. The SMILES string of the molecule is Cc1cc(Br)c2c(c1)S(=O)(=O)C(C(=O)O)CN2C. The molecule has 1 unspecified atom stereocenters. The first-order valence-electron chi connectivity index (χ1n) is 5.23. The average molecular weight is 334 g/mol. The molecule has 0 radical (unpaired) electrons. The van der Waals surface area contributed by atoms with Gasteiger partial charge in [-0.15, -0.1) is 0 Å². The number of hydrogen-bond donors (Lipinski definition) is 1. The third kappa shape index (κ3) is 1.91. The summed E-state index contributed by atoms with van der Waals surface area (Å²) in [7, 11) is -2.15. The molecule has 1 heterocycles. The maximum atomic E-state index is 12.3. The number of carboxylic acids is 1. The molecule has 7 heteroatoms. The molecule has 0 saturated carbocycles. The monoisotopic (exact) mass is 333 g/mol. The van der Waals surface area contributed by atoms with Crippen molar-refractivity contribution < 1.29 is 18.3 Å². The summed E-state index contributed by atoms with van der Waals surface area (Å²) < 4.78 is 25.2. The van der Waals surface area contributed by atoms with Gasteiger partial charge in [0.15, 0.2) is 15.1 Å². The fourth-order valence-electron chi connectivity index (χ4n) is 2.09. The first-order chi connectivity index (χ1) is 8.25. The van der Waals surface area contributed by atoms with Crippen LogP contribution in [0.4, 0.5) is 5.69 Å². The molecule has 1 atom stereocenters. The van der Waals surface area contributed by atoms with Gasteiger partial charge in [0, 0.05) is 18.1 Å². The van der Waals surface area contributed by atoms with E-state index in [1.165, 1.54) is 6.07 Å². The number of halogens is 1. The summed E-state index contributed by atoms with van der Waals surface area (Å²) in [6.45, 7) is 1.72. The second kappa shape index (κ2) is 4.24. The Balaban J connectivity index is 2.76. The van der Waals surface area contributed by atoms with E-state index in [1.54, 1.807) is 18.9 Å². The van der Waals surface area contributed by atoms with Crippen molar-refractivity contribution in [2.24, 2.45) is 0 Å². The topological polar surface area (TPSA) is 74.7 Å². The van der Waals surface area contributed by atoms with Gasteiger partial charge in [-0.3, -0.25) is 4.79 Å². The molecule has 0 fully saturated rings. The lowest BCUT2D eigenvalue weighted by Gasteiger charge is -2.32. The molecule has 1 aromatic rings. The Morgan fingerprint density at radius 3 is 2.67 bits per heavy atom. The van der Waals surface area contributed by atoms with E-state index < -0.39 is 21.1 Å². The van der Waals surface area contributed by atoms with Gasteiger partial charge in [0.2, 0.25) is 0 Å². The lowest BCUT2D eigenvalue weighted by molar-refractivity contribution is -0.136. The second-order valence-electron chi connectivity index (χ2n) is 4.35. The van der Waals surface area contributed by atoms with E-state index in [4.69, 9.17) is 5.11 Å². The number of aliphatic carboxylic acids is 1. The molecule has 0 aliphatic carbocycles. The summed E-state index contributed by atoms with van der Waals surface area (Å²) in [5.74, 6) is -1.31. The lowest BCUT2D eigenvalue weighted by Crippen LogP contribution is -2.45. The Bertz CT molecular complexity index is 626. The summed E-state index contributed by atoms with van der Waals surface area (Å²) in [6.07, 6.45) is 0. The fraction of sp³-hybridized carbons (Fsp3) is 0.364. The van der Waals surface area contributed by atoms with Crippen LogP contribution in [0.1, 0.15) is 5.56 Å². The highest BCUT2D eigenvalue weighted by atomic mass is 79.9. The molecule has 1 aromatic carbocycles. The summed E-state index contributed by atoms with van der Waals surface area (Å²) in [6, 6.07) is 3.33. The van der Waals surface area contributed by atoms with Gasteiger partial charge in [-0.2, -0.15) is 0 Å². The van der Waals surface area contributed by atoms with Crippen LogP contribution in [0.3, 0.4) is 0 Å². The fourth-order valence-corrected chi connectivity index (χ4v) is 4.98. The molecule has 18 heavy (non-hydrogen) atoms. The van der Waals surface area contributed by atoms with Gasteiger partial charge >= 0.3 is 5.97 Å². The van der Waals surface area contributed by atoms with Crippen LogP contribution in [0.25, 0.3) is 0 Å². The van der Waals surface area contributed by atoms with Crippen molar-refractivity contribution in [1.82, 2.24) is 0 Å². The van der Waals surface area contributed by atoms with E-state index in [0.717, 1.165) is 5.56 Å². The first-order valence-corrected chi connectivity index (χ1v) is 7.57. The molecule has 2 rings (SSSR count). The van der Waals surface area contributed by atoms with E-state index in [-0.39, 0.29) is 11.4 Å². The molecule has 1 aliphatic rings. The maximum absolute atomic E-state index is 12.3. The number of carbonyl (C=O) groups is 1. The van der Waals surface area contributed by atoms with Gasteiger partial charge < -0.3 is 10.0 Å². The summed E-state index contributed by atoms with van der Waals surface area (Å²) in [4.78, 5) is 12.8. The molecule has 0 aromatic heterocycles. The summed E-state index contributed by atoms with van der Waals surface area (Å²) in [5.41, 5.74) is 1.29. The Morgan fingerprint density at radius 2 is 2.11 bits per heavy atom. The van der Waals surface area contributed by atoms with E-state index in [2.05, 4.69) is 15.9 Å². The number of hydrogen-bond acceptors (Lipinski definition) is 4.